The van der Waals surface area contributed by atoms with Crippen LogP contribution in [0.5, 0.6) is 0 Å². The maximum absolute atomic E-state index is 11.2. The van der Waals surface area contributed by atoms with Crippen LogP contribution in [0.1, 0.15) is 19.4 Å². The Morgan fingerprint density at radius 1 is 1.22 bits per heavy atom. The van der Waals surface area contributed by atoms with Crippen LogP contribution in [0.4, 0.5) is 5.69 Å². The van der Waals surface area contributed by atoms with Crippen LogP contribution < -0.4 is 5.32 Å². The van der Waals surface area contributed by atoms with Crippen molar-refractivity contribution in [2.75, 3.05) is 11.6 Å². The van der Waals surface area contributed by atoms with E-state index in [-0.39, 0.29) is 35.1 Å². The van der Waals surface area contributed by atoms with Crippen LogP contribution >= 0.6 is 0 Å². The van der Waals surface area contributed by atoms with E-state index in [1.54, 1.807) is 6.08 Å². The predicted octanol–water partition coefficient (Wildman–Crippen LogP) is 1.83. The van der Waals surface area contributed by atoms with Crippen LogP contribution in [-0.4, -0.2) is 49.8 Å². The Morgan fingerprint density at radius 3 is 2.44 bits per heavy atom. The van der Waals surface area contributed by atoms with E-state index in [9.17, 15) is 8.42 Å². The van der Waals surface area contributed by atoms with Gasteiger partial charge >= 0.3 is 10.1 Å². The fraction of sp³-hybridized carbons (Fsp3) is 0.333. The van der Waals surface area contributed by atoms with Gasteiger partial charge in [0.05, 0.1) is 11.8 Å². The molecule has 1 N–H and O–H groups in total. The summed E-state index contributed by atoms with van der Waals surface area (Å²) in [7, 11) is -3.51. The summed E-state index contributed by atoms with van der Waals surface area (Å²) in [4.78, 5) is 0. The van der Waals surface area contributed by atoms with Gasteiger partial charge in [-0.25, -0.2) is 0 Å². The zero-order chi connectivity index (χ0) is 12.7. The average Bonchev–Trinajstić information content (AvgIpc) is 2.13. The number of para-hydroxylation sites is 1. The van der Waals surface area contributed by atoms with E-state index in [1.165, 1.54) is 0 Å². The molecule has 1 heterocycles. The van der Waals surface area contributed by atoms with Crippen LogP contribution in [0.2, 0.25) is 0 Å². The standard InChI is InChI=1S/C12H15NO3S.Na/c1-12(2)8-11(16-17(3,14)15)9-6-4-5-7-10(9)13-12;/h4-8,13H,1-3H3;. The van der Waals surface area contributed by atoms with Crippen molar-refractivity contribution in [2.45, 2.75) is 19.4 Å². The van der Waals surface area contributed by atoms with Gasteiger partial charge in [0, 0.05) is 40.8 Å². The summed E-state index contributed by atoms with van der Waals surface area (Å²) >= 11 is 0. The molecular formula is C12H15NNaO3S. The molecule has 0 fully saturated rings. The third-order valence-corrected chi connectivity index (χ3v) is 2.86. The predicted molar refractivity (Wildman–Crippen MR) is 73.8 cm³/mol. The molecule has 0 atom stereocenters. The summed E-state index contributed by atoms with van der Waals surface area (Å²) in [6, 6.07) is 7.47. The third-order valence-electron chi connectivity index (χ3n) is 2.38. The number of fused-ring (bicyclic) bond motifs is 1. The second kappa shape index (κ2) is 5.25. The maximum atomic E-state index is 11.2. The molecule has 18 heavy (non-hydrogen) atoms. The van der Waals surface area contributed by atoms with Gasteiger partial charge < -0.3 is 9.50 Å². The van der Waals surface area contributed by atoms with E-state index in [0.29, 0.717) is 5.76 Å². The van der Waals surface area contributed by atoms with Crippen LogP contribution in [0.25, 0.3) is 5.76 Å². The Balaban J connectivity index is 0.00000162. The van der Waals surface area contributed by atoms with Crippen molar-refractivity contribution in [1.82, 2.24) is 0 Å². The Labute approximate surface area is 130 Å². The summed E-state index contributed by atoms with van der Waals surface area (Å²) in [5.74, 6) is 0.381. The zero-order valence-corrected chi connectivity index (χ0v) is 13.8. The molecule has 0 aromatic heterocycles. The fourth-order valence-corrected chi connectivity index (χ4v) is 2.29. The molecule has 0 saturated carbocycles. The van der Waals surface area contributed by atoms with E-state index in [2.05, 4.69) is 5.32 Å². The molecule has 4 nitrogen and oxygen atoms in total. The molecule has 0 saturated heterocycles. The van der Waals surface area contributed by atoms with E-state index in [4.69, 9.17) is 4.18 Å². The summed E-state index contributed by atoms with van der Waals surface area (Å²) in [6.45, 7) is 3.91. The van der Waals surface area contributed by atoms with Crippen molar-refractivity contribution in [1.29, 1.82) is 0 Å². The second-order valence-corrected chi connectivity index (χ2v) is 6.26. The SMILES string of the molecule is CC1(C)C=C(OS(C)(=O)=O)c2ccccc2N1.[Na]. The molecule has 0 spiro atoms. The number of hydrogen-bond donors (Lipinski definition) is 1. The first-order valence-corrected chi connectivity index (χ1v) is 7.08. The molecule has 1 aromatic carbocycles. The molecule has 2 rings (SSSR count). The number of anilines is 1. The first kappa shape index (κ1) is 15.6. The number of rotatable bonds is 2. The second-order valence-electron chi connectivity index (χ2n) is 4.69. The Morgan fingerprint density at radius 2 is 1.83 bits per heavy atom. The van der Waals surface area contributed by atoms with Crippen LogP contribution in [0, 0.1) is 0 Å². The van der Waals surface area contributed by atoms with Crippen LogP contribution in [0.3, 0.4) is 0 Å². The fourth-order valence-electron chi connectivity index (χ4n) is 1.83. The molecule has 1 aliphatic rings. The minimum absolute atomic E-state index is 0. The molecule has 6 heteroatoms. The van der Waals surface area contributed by atoms with Crippen LogP contribution in [0.15, 0.2) is 30.3 Å². The summed E-state index contributed by atoms with van der Waals surface area (Å²) in [5, 5.41) is 3.30. The molecule has 0 unspecified atom stereocenters. The van der Waals surface area contributed by atoms with E-state index in [0.717, 1.165) is 17.5 Å². The van der Waals surface area contributed by atoms with Gasteiger partial charge in [-0.05, 0) is 32.1 Å². The van der Waals surface area contributed by atoms with Crippen molar-refractivity contribution < 1.29 is 12.6 Å². The van der Waals surface area contributed by atoms with Gasteiger partial charge in [0.15, 0.2) is 0 Å². The van der Waals surface area contributed by atoms with E-state index < -0.39 is 10.1 Å². The van der Waals surface area contributed by atoms with Gasteiger partial charge in [-0.3, -0.25) is 0 Å². The van der Waals surface area contributed by atoms with Crippen LogP contribution in [-0.2, 0) is 14.3 Å². The Bertz CT molecular complexity index is 579. The number of hydrogen-bond acceptors (Lipinski definition) is 4. The molecule has 0 aliphatic carbocycles. The largest absolute Gasteiger partial charge is 0.382 e. The smallest absolute Gasteiger partial charge is 0.306 e. The van der Waals surface area contributed by atoms with Gasteiger partial charge in [-0.15, -0.1) is 0 Å². The number of nitrogens with one attached hydrogen (secondary N) is 1. The first-order chi connectivity index (χ1) is 7.77. The normalized spacial score (nSPS) is 16.7. The van der Waals surface area contributed by atoms with Crippen molar-refractivity contribution in [3.05, 3.63) is 35.9 Å². The molecule has 0 bridgehead atoms. The summed E-state index contributed by atoms with van der Waals surface area (Å²) < 4.78 is 27.5. The topological polar surface area (TPSA) is 55.4 Å². The third kappa shape index (κ3) is 3.75. The van der Waals surface area contributed by atoms with E-state index >= 15 is 0 Å². The Kier molecular flexibility index (Phi) is 4.54. The van der Waals surface area contributed by atoms with Gasteiger partial charge in [0.1, 0.15) is 5.76 Å². The van der Waals surface area contributed by atoms with Gasteiger partial charge in [0.25, 0.3) is 0 Å². The van der Waals surface area contributed by atoms with Gasteiger partial charge in [-0.1, -0.05) is 12.1 Å². The molecule has 1 aromatic rings. The quantitative estimate of drug-likeness (QED) is 0.661. The molecule has 0 amide bonds. The van der Waals surface area contributed by atoms with Crippen molar-refractivity contribution in [3.63, 3.8) is 0 Å². The van der Waals surface area contributed by atoms with Crippen molar-refractivity contribution >= 4 is 51.1 Å². The summed E-state index contributed by atoms with van der Waals surface area (Å²) in [6.07, 6.45) is 2.82. The Hall–Kier alpha value is -0.490. The number of benzene rings is 1. The van der Waals surface area contributed by atoms with Gasteiger partial charge in [0.2, 0.25) is 0 Å². The monoisotopic (exact) mass is 276 g/mol. The first-order valence-electron chi connectivity index (χ1n) is 5.27. The molecule has 93 valence electrons. The molecular weight excluding hydrogens is 261 g/mol. The zero-order valence-electron chi connectivity index (χ0n) is 11.0. The van der Waals surface area contributed by atoms with Gasteiger partial charge in [-0.2, -0.15) is 8.42 Å². The average molecular weight is 276 g/mol. The molecule has 1 aliphatic heterocycles. The van der Waals surface area contributed by atoms with Crippen molar-refractivity contribution in [3.8, 4) is 0 Å². The van der Waals surface area contributed by atoms with Crippen molar-refractivity contribution in [2.24, 2.45) is 0 Å². The minimum Gasteiger partial charge on any atom is -0.382 e. The molecule has 1 radical (unpaired) electrons. The summed E-state index contributed by atoms with van der Waals surface area (Å²) in [5.41, 5.74) is 1.30. The minimum atomic E-state index is -3.51. The van der Waals surface area contributed by atoms with E-state index in [1.807, 2.05) is 38.1 Å². The maximum Gasteiger partial charge on any atom is 0.306 e.